The summed E-state index contributed by atoms with van der Waals surface area (Å²) >= 11 is 0. The van der Waals surface area contributed by atoms with E-state index >= 15 is 0 Å². The van der Waals surface area contributed by atoms with Crippen molar-refractivity contribution in [1.82, 2.24) is 20.0 Å². The molecular formula is C17H32N4O3S. The summed E-state index contributed by atoms with van der Waals surface area (Å²) in [5.41, 5.74) is 0. The second-order valence-corrected chi connectivity index (χ2v) is 10.1. The van der Waals surface area contributed by atoms with Gasteiger partial charge in [-0.3, -0.25) is 14.6 Å². The summed E-state index contributed by atoms with van der Waals surface area (Å²) in [6.07, 6.45) is 3.14. The summed E-state index contributed by atoms with van der Waals surface area (Å²) in [7, 11) is -0.797. The minimum Gasteiger partial charge on any atom is -0.339 e. The van der Waals surface area contributed by atoms with E-state index < -0.39 is 9.84 Å². The summed E-state index contributed by atoms with van der Waals surface area (Å²) < 4.78 is 23.3. The molecule has 0 spiro atoms. The van der Waals surface area contributed by atoms with Gasteiger partial charge in [0.1, 0.15) is 0 Å². The molecule has 3 aliphatic heterocycles. The number of piperidine rings is 1. The van der Waals surface area contributed by atoms with Gasteiger partial charge in [-0.25, -0.2) is 8.42 Å². The average Bonchev–Trinajstić information content (AvgIpc) is 2.96. The summed E-state index contributed by atoms with van der Waals surface area (Å²) in [5, 5.41) is 3.38. The number of piperazine rings is 1. The molecule has 3 fully saturated rings. The SMILES string of the molecule is CN(CC(=O)N1CCN(C2CCS(=O)(=O)C2)CC1)CC1CCNCC1. The zero-order chi connectivity index (χ0) is 17.9. The van der Waals surface area contributed by atoms with Crippen LogP contribution in [0.4, 0.5) is 0 Å². The Morgan fingerprint density at radius 3 is 2.40 bits per heavy atom. The second kappa shape index (κ2) is 8.33. The van der Waals surface area contributed by atoms with Gasteiger partial charge in [0.15, 0.2) is 9.84 Å². The molecular weight excluding hydrogens is 340 g/mol. The fourth-order valence-electron chi connectivity index (χ4n) is 4.30. The number of hydrogen-bond donors (Lipinski definition) is 1. The van der Waals surface area contributed by atoms with Crippen molar-refractivity contribution in [3.63, 3.8) is 0 Å². The normalized spacial score (nSPS) is 28.6. The van der Waals surface area contributed by atoms with Crippen LogP contribution in [0.5, 0.6) is 0 Å². The number of carbonyl (C=O) groups is 1. The number of sulfone groups is 1. The van der Waals surface area contributed by atoms with Crippen LogP contribution in [-0.2, 0) is 14.6 Å². The Bertz CT molecular complexity index is 554. The van der Waals surface area contributed by atoms with E-state index in [2.05, 4.69) is 15.1 Å². The van der Waals surface area contributed by atoms with Gasteiger partial charge in [0, 0.05) is 38.8 Å². The van der Waals surface area contributed by atoms with Crippen molar-refractivity contribution in [2.24, 2.45) is 5.92 Å². The van der Waals surface area contributed by atoms with Crippen LogP contribution >= 0.6 is 0 Å². The Morgan fingerprint density at radius 2 is 1.80 bits per heavy atom. The Balaban J connectivity index is 1.39. The number of nitrogens with one attached hydrogen (secondary N) is 1. The number of carbonyl (C=O) groups excluding carboxylic acids is 1. The van der Waals surface area contributed by atoms with Crippen molar-refractivity contribution in [3.05, 3.63) is 0 Å². The molecule has 8 heteroatoms. The molecule has 1 N–H and O–H groups in total. The highest BCUT2D eigenvalue weighted by Gasteiger charge is 2.34. The summed E-state index contributed by atoms with van der Waals surface area (Å²) in [6, 6.07) is 0.157. The molecule has 144 valence electrons. The average molecular weight is 373 g/mol. The summed E-state index contributed by atoms with van der Waals surface area (Å²) in [4.78, 5) is 18.9. The lowest BCUT2D eigenvalue weighted by Gasteiger charge is -2.38. The van der Waals surface area contributed by atoms with Crippen molar-refractivity contribution in [2.75, 3.05) is 70.9 Å². The minimum atomic E-state index is -2.84. The van der Waals surface area contributed by atoms with Gasteiger partial charge in [-0.1, -0.05) is 0 Å². The highest BCUT2D eigenvalue weighted by molar-refractivity contribution is 7.91. The molecule has 0 aromatic heterocycles. The van der Waals surface area contributed by atoms with E-state index in [0.29, 0.717) is 24.0 Å². The first-order valence-electron chi connectivity index (χ1n) is 9.54. The zero-order valence-corrected chi connectivity index (χ0v) is 16.1. The highest BCUT2D eigenvalue weighted by Crippen LogP contribution is 2.19. The van der Waals surface area contributed by atoms with Crippen molar-refractivity contribution in [2.45, 2.75) is 25.3 Å². The standard InChI is InChI=1S/C17H32N4O3S/c1-19(12-15-2-5-18-6-3-15)13-17(22)21-9-7-20(8-10-21)16-4-11-25(23,24)14-16/h15-16,18H,2-14H2,1H3. The molecule has 25 heavy (non-hydrogen) atoms. The highest BCUT2D eigenvalue weighted by atomic mass is 32.2. The van der Waals surface area contributed by atoms with Crippen LogP contribution in [0.1, 0.15) is 19.3 Å². The Labute approximate surface area is 151 Å². The fourth-order valence-corrected chi connectivity index (χ4v) is 6.06. The van der Waals surface area contributed by atoms with Gasteiger partial charge < -0.3 is 10.2 Å². The molecule has 3 heterocycles. The van der Waals surface area contributed by atoms with E-state index in [4.69, 9.17) is 0 Å². The first-order valence-corrected chi connectivity index (χ1v) is 11.4. The van der Waals surface area contributed by atoms with Crippen LogP contribution in [0, 0.1) is 5.92 Å². The zero-order valence-electron chi connectivity index (χ0n) is 15.3. The lowest BCUT2D eigenvalue weighted by atomic mass is 9.98. The molecule has 1 amide bonds. The van der Waals surface area contributed by atoms with Crippen molar-refractivity contribution in [3.8, 4) is 0 Å². The predicted molar refractivity (Wildman–Crippen MR) is 98.3 cm³/mol. The molecule has 3 saturated heterocycles. The number of nitrogens with zero attached hydrogens (tertiary/aromatic N) is 3. The lowest BCUT2D eigenvalue weighted by molar-refractivity contribution is -0.134. The Morgan fingerprint density at radius 1 is 1.12 bits per heavy atom. The molecule has 0 radical (unpaired) electrons. The lowest BCUT2D eigenvalue weighted by Crippen LogP contribution is -2.54. The predicted octanol–water partition coefficient (Wildman–Crippen LogP) is -0.751. The molecule has 0 saturated carbocycles. The topological polar surface area (TPSA) is 73.0 Å². The molecule has 1 atom stereocenters. The smallest absolute Gasteiger partial charge is 0.236 e. The van der Waals surface area contributed by atoms with Crippen molar-refractivity contribution < 1.29 is 13.2 Å². The first kappa shape index (κ1) is 19.1. The van der Waals surface area contributed by atoms with Crippen LogP contribution in [0.25, 0.3) is 0 Å². The molecule has 3 aliphatic rings. The fraction of sp³-hybridized carbons (Fsp3) is 0.941. The van der Waals surface area contributed by atoms with E-state index in [1.807, 2.05) is 11.9 Å². The van der Waals surface area contributed by atoms with Crippen LogP contribution < -0.4 is 5.32 Å². The van der Waals surface area contributed by atoms with Gasteiger partial charge in [0.25, 0.3) is 0 Å². The third-order valence-electron chi connectivity index (χ3n) is 5.83. The third-order valence-corrected chi connectivity index (χ3v) is 7.58. The van der Waals surface area contributed by atoms with Gasteiger partial charge in [-0.2, -0.15) is 0 Å². The number of amides is 1. The first-order chi connectivity index (χ1) is 11.9. The van der Waals surface area contributed by atoms with E-state index in [1.54, 1.807) is 0 Å². The summed E-state index contributed by atoms with van der Waals surface area (Å²) in [5.74, 6) is 1.51. The molecule has 0 aromatic carbocycles. The van der Waals surface area contributed by atoms with E-state index in [1.165, 1.54) is 12.8 Å². The second-order valence-electron chi connectivity index (χ2n) is 7.86. The van der Waals surface area contributed by atoms with Gasteiger partial charge in [0.05, 0.1) is 18.1 Å². The van der Waals surface area contributed by atoms with E-state index in [9.17, 15) is 13.2 Å². The maximum atomic E-state index is 12.5. The van der Waals surface area contributed by atoms with Gasteiger partial charge in [-0.05, 0) is 45.3 Å². The van der Waals surface area contributed by atoms with Crippen molar-refractivity contribution >= 4 is 15.7 Å². The minimum absolute atomic E-state index is 0.157. The molecule has 3 rings (SSSR count). The van der Waals surface area contributed by atoms with E-state index in [-0.39, 0.29) is 11.9 Å². The third kappa shape index (κ3) is 5.39. The monoisotopic (exact) mass is 372 g/mol. The van der Waals surface area contributed by atoms with Gasteiger partial charge >= 0.3 is 0 Å². The number of likely N-dealkylation sites (N-methyl/N-ethyl adjacent to an activating group) is 1. The van der Waals surface area contributed by atoms with Crippen LogP contribution in [0.15, 0.2) is 0 Å². The maximum absolute atomic E-state index is 12.5. The quantitative estimate of drug-likeness (QED) is 0.685. The maximum Gasteiger partial charge on any atom is 0.236 e. The molecule has 1 unspecified atom stereocenters. The van der Waals surface area contributed by atoms with Crippen LogP contribution in [0.2, 0.25) is 0 Å². The van der Waals surface area contributed by atoms with Crippen LogP contribution in [0.3, 0.4) is 0 Å². The number of rotatable bonds is 5. The Hall–Kier alpha value is -0.700. The van der Waals surface area contributed by atoms with Crippen LogP contribution in [-0.4, -0.2) is 106 Å². The van der Waals surface area contributed by atoms with Gasteiger partial charge in [-0.15, -0.1) is 0 Å². The number of hydrogen-bond acceptors (Lipinski definition) is 6. The van der Waals surface area contributed by atoms with Crippen molar-refractivity contribution in [1.29, 1.82) is 0 Å². The molecule has 0 aromatic rings. The molecule has 0 bridgehead atoms. The largest absolute Gasteiger partial charge is 0.339 e. The van der Waals surface area contributed by atoms with E-state index in [0.717, 1.165) is 52.2 Å². The molecule has 0 aliphatic carbocycles. The summed E-state index contributed by atoms with van der Waals surface area (Å²) in [6.45, 7) is 6.69. The van der Waals surface area contributed by atoms with Gasteiger partial charge in [0.2, 0.25) is 5.91 Å². The Kier molecular flexibility index (Phi) is 6.35. The molecule has 7 nitrogen and oxygen atoms in total.